The molecular formula is C14H14N2O3. The summed E-state index contributed by atoms with van der Waals surface area (Å²) >= 11 is 0. The van der Waals surface area contributed by atoms with Crippen molar-refractivity contribution >= 4 is 5.97 Å². The molecular weight excluding hydrogens is 244 g/mol. The van der Waals surface area contributed by atoms with E-state index < -0.39 is 5.97 Å². The van der Waals surface area contributed by atoms with Crippen molar-refractivity contribution in [2.45, 2.75) is 0 Å². The van der Waals surface area contributed by atoms with Crippen LogP contribution >= 0.6 is 0 Å². The lowest BCUT2D eigenvalue weighted by molar-refractivity contribution is 0.0387. The molecule has 0 fully saturated rings. The number of pyridine rings is 2. The highest BCUT2D eigenvalue weighted by molar-refractivity contribution is 5.89. The van der Waals surface area contributed by atoms with Crippen molar-refractivity contribution in [2.24, 2.45) is 0 Å². The van der Waals surface area contributed by atoms with E-state index in [1.165, 1.54) is 6.20 Å². The lowest BCUT2D eigenvalue weighted by Crippen LogP contribution is -2.10. The Labute approximate surface area is 111 Å². The van der Waals surface area contributed by atoms with E-state index in [1.807, 2.05) is 18.2 Å². The van der Waals surface area contributed by atoms with Gasteiger partial charge >= 0.3 is 5.97 Å². The number of aromatic nitrogens is 2. The second-order valence-corrected chi connectivity index (χ2v) is 3.78. The predicted octanol–water partition coefficient (Wildman–Crippen LogP) is 1.95. The second-order valence-electron chi connectivity index (χ2n) is 3.78. The van der Waals surface area contributed by atoms with Crippen LogP contribution in [0.4, 0.5) is 0 Å². The average molecular weight is 258 g/mol. The molecule has 0 saturated heterocycles. The number of ether oxygens (including phenoxy) is 2. The van der Waals surface area contributed by atoms with Gasteiger partial charge in [0.1, 0.15) is 6.61 Å². The maximum absolute atomic E-state index is 11.6. The van der Waals surface area contributed by atoms with Crippen molar-refractivity contribution in [2.75, 3.05) is 20.3 Å². The Bertz CT molecular complexity index is 526. The Hall–Kier alpha value is -2.27. The molecule has 0 spiro atoms. The van der Waals surface area contributed by atoms with E-state index in [4.69, 9.17) is 9.47 Å². The molecule has 2 heterocycles. The topological polar surface area (TPSA) is 61.3 Å². The van der Waals surface area contributed by atoms with E-state index in [0.29, 0.717) is 17.9 Å². The highest BCUT2D eigenvalue weighted by Crippen LogP contribution is 2.13. The molecule has 0 aromatic carbocycles. The number of rotatable bonds is 5. The van der Waals surface area contributed by atoms with E-state index in [1.54, 1.807) is 25.4 Å². The van der Waals surface area contributed by atoms with Crippen molar-refractivity contribution in [3.8, 4) is 11.4 Å². The van der Waals surface area contributed by atoms with E-state index >= 15 is 0 Å². The van der Waals surface area contributed by atoms with Crippen LogP contribution in [0.1, 0.15) is 10.4 Å². The van der Waals surface area contributed by atoms with Gasteiger partial charge in [-0.3, -0.25) is 9.97 Å². The fourth-order valence-electron chi connectivity index (χ4n) is 1.48. The highest BCUT2D eigenvalue weighted by atomic mass is 16.6. The van der Waals surface area contributed by atoms with Crippen LogP contribution in [0.3, 0.4) is 0 Å². The first-order chi connectivity index (χ1) is 9.31. The van der Waals surface area contributed by atoms with Crippen molar-refractivity contribution < 1.29 is 14.3 Å². The Balaban J connectivity index is 2.04. The summed E-state index contributed by atoms with van der Waals surface area (Å²) in [4.78, 5) is 20.0. The van der Waals surface area contributed by atoms with E-state index in [0.717, 1.165) is 5.69 Å². The number of hydrogen-bond donors (Lipinski definition) is 0. The van der Waals surface area contributed by atoms with Crippen molar-refractivity contribution in [1.82, 2.24) is 9.97 Å². The molecule has 5 heteroatoms. The normalized spacial score (nSPS) is 10.2. The minimum atomic E-state index is -0.405. The van der Waals surface area contributed by atoms with Crippen molar-refractivity contribution in [1.29, 1.82) is 0 Å². The molecule has 0 bridgehead atoms. The number of carbonyl (C=O) groups is 1. The summed E-state index contributed by atoms with van der Waals surface area (Å²) in [6.45, 7) is 0.614. The van der Waals surface area contributed by atoms with Gasteiger partial charge in [-0.1, -0.05) is 6.07 Å². The molecule has 5 nitrogen and oxygen atoms in total. The highest BCUT2D eigenvalue weighted by Gasteiger charge is 2.08. The maximum Gasteiger partial charge on any atom is 0.339 e. The third-order valence-electron chi connectivity index (χ3n) is 2.45. The van der Waals surface area contributed by atoms with Crippen LogP contribution in [0.15, 0.2) is 42.7 Å². The van der Waals surface area contributed by atoms with Crippen LogP contribution in [0.2, 0.25) is 0 Å². The number of nitrogens with zero attached hydrogens (tertiary/aromatic N) is 2. The molecule has 0 saturated carbocycles. The van der Waals surface area contributed by atoms with E-state index in [9.17, 15) is 4.79 Å². The van der Waals surface area contributed by atoms with E-state index in [-0.39, 0.29) is 6.61 Å². The first-order valence-electron chi connectivity index (χ1n) is 5.85. The first kappa shape index (κ1) is 13.2. The molecule has 0 aliphatic carbocycles. The van der Waals surface area contributed by atoms with Gasteiger partial charge in [-0.2, -0.15) is 0 Å². The Morgan fingerprint density at radius 3 is 2.58 bits per heavy atom. The zero-order valence-electron chi connectivity index (χ0n) is 10.6. The van der Waals surface area contributed by atoms with Crippen LogP contribution in [0.25, 0.3) is 11.4 Å². The molecule has 98 valence electrons. The Morgan fingerprint density at radius 1 is 1.11 bits per heavy atom. The summed E-state index contributed by atoms with van der Waals surface area (Å²) in [5, 5.41) is 0. The van der Waals surface area contributed by atoms with Gasteiger partial charge in [0.2, 0.25) is 0 Å². The minimum absolute atomic E-state index is 0.233. The van der Waals surface area contributed by atoms with Gasteiger partial charge in [-0.15, -0.1) is 0 Å². The summed E-state index contributed by atoms with van der Waals surface area (Å²) in [7, 11) is 1.55. The van der Waals surface area contributed by atoms with Crippen molar-refractivity contribution in [3.05, 3.63) is 48.3 Å². The lowest BCUT2D eigenvalue weighted by Gasteiger charge is -2.04. The van der Waals surface area contributed by atoms with Crippen LogP contribution < -0.4 is 0 Å². The van der Waals surface area contributed by atoms with Crippen LogP contribution in [0.5, 0.6) is 0 Å². The summed E-state index contributed by atoms with van der Waals surface area (Å²) in [5.74, 6) is -0.405. The zero-order chi connectivity index (χ0) is 13.5. The summed E-state index contributed by atoms with van der Waals surface area (Å²) < 4.78 is 9.80. The van der Waals surface area contributed by atoms with E-state index in [2.05, 4.69) is 9.97 Å². The third kappa shape index (κ3) is 3.59. The number of carbonyl (C=O) groups excluding carboxylic acids is 1. The fourth-order valence-corrected chi connectivity index (χ4v) is 1.48. The van der Waals surface area contributed by atoms with Crippen LogP contribution in [0, 0.1) is 0 Å². The Morgan fingerprint density at radius 2 is 1.95 bits per heavy atom. The zero-order valence-corrected chi connectivity index (χ0v) is 10.6. The standard InChI is InChI=1S/C14H14N2O3/c1-18-8-9-19-14(17)11-5-6-13(16-10-11)12-4-2-3-7-15-12/h2-7,10H,8-9H2,1H3. The molecule has 2 aromatic heterocycles. The fraction of sp³-hybridized carbons (Fsp3) is 0.214. The lowest BCUT2D eigenvalue weighted by atomic mass is 10.2. The number of hydrogen-bond acceptors (Lipinski definition) is 5. The van der Waals surface area contributed by atoms with Gasteiger partial charge in [0, 0.05) is 19.5 Å². The minimum Gasteiger partial charge on any atom is -0.460 e. The Kier molecular flexibility index (Phi) is 4.58. The molecule has 0 N–H and O–H groups in total. The van der Waals surface area contributed by atoms with Gasteiger partial charge < -0.3 is 9.47 Å². The molecule has 0 unspecified atom stereocenters. The molecule has 2 aromatic rings. The quantitative estimate of drug-likeness (QED) is 0.606. The largest absolute Gasteiger partial charge is 0.460 e. The smallest absolute Gasteiger partial charge is 0.339 e. The van der Waals surface area contributed by atoms with Gasteiger partial charge in [-0.25, -0.2) is 4.79 Å². The average Bonchev–Trinajstić information content (AvgIpc) is 2.48. The number of esters is 1. The van der Waals surface area contributed by atoms with Gasteiger partial charge in [-0.05, 0) is 24.3 Å². The SMILES string of the molecule is COCCOC(=O)c1ccc(-c2ccccn2)nc1. The van der Waals surface area contributed by atoms with Gasteiger partial charge in [0.25, 0.3) is 0 Å². The summed E-state index contributed by atoms with van der Waals surface area (Å²) in [5.41, 5.74) is 1.90. The van der Waals surface area contributed by atoms with Gasteiger partial charge in [0.15, 0.2) is 0 Å². The maximum atomic E-state index is 11.6. The molecule has 2 rings (SSSR count). The molecule has 0 radical (unpaired) electrons. The molecule has 0 amide bonds. The molecule has 19 heavy (non-hydrogen) atoms. The van der Waals surface area contributed by atoms with Gasteiger partial charge in [0.05, 0.1) is 23.6 Å². The summed E-state index contributed by atoms with van der Waals surface area (Å²) in [6, 6.07) is 9.00. The number of methoxy groups -OCH3 is 1. The molecule has 0 aliphatic rings. The van der Waals surface area contributed by atoms with Crippen LogP contribution in [-0.4, -0.2) is 36.3 Å². The predicted molar refractivity (Wildman–Crippen MR) is 69.6 cm³/mol. The summed E-state index contributed by atoms with van der Waals surface area (Å²) in [6.07, 6.45) is 3.18. The molecule has 0 aliphatic heterocycles. The third-order valence-corrected chi connectivity index (χ3v) is 2.45. The molecule has 0 atom stereocenters. The monoisotopic (exact) mass is 258 g/mol. The second kappa shape index (κ2) is 6.61. The van der Waals surface area contributed by atoms with Crippen LogP contribution in [-0.2, 0) is 9.47 Å². The first-order valence-corrected chi connectivity index (χ1v) is 5.85. The van der Waals surface area contributed by atoms with Crippen molar-refractivity contribution in [3.63, 3.8) is 0 Å².